The number of hydrogen-bond donors (Lipinski definition) is 1. The van der Waals surface area contributed by atoms with E-state index in [1.165, 1.54) is 21.7 Å². The Morgan fingerprint density at radius 1 is 1.21 bits per heavy atom. The van der Waals surface area contributed by atoms with E-state index in [-0.39, 0.29) is 5.41 Å². The largest absolute Gasteiger partial charge is 0.354 e. The molecule has 1 atom stereocenters. The fourth-order valence-corrected chi connectivity index (χ4v) is 4.73. The van der Waals surface area contributed by atoms with Gasteiger partial charge in [-0.25, -0.2) is 9.67 Å². The molecule has 5 nitrogen and oxygen atoms in total. The lowest BCUT2D eigenvalue weighted by molar-refractivity contribution is 0.253. The van der Waals surface area contributed by atoms with E-state index >= 15 is 0 Å². The van der Waals surface area contributed by atoms with E-state index in [4.69, 9.17) is 5.10 Å². The van der Waals surface area contributed by atoms with Crippen LogP contribution in [0.2, 0.25) is 0 Å². The summed E-state index contributed by atoms with van der Waals surface area (Å²) in [7, 11) is 4.07. The summed E-state index contributed by atoms with van der Waals surface area (Å²) in [6.07, 6.45) is 6.19. The van der Waals surface area contributed by atoms with Crippen LogP contribution in [0.3, 0.4) is 0 Å². The summed E-state index contributed by atoms with van der Waals surface area (Å²) in [5.74, 6) is 0. The SMILES string of the molecule is Cc1ccc(-n2ncc3c2CC(C)(C)CC3NCc2cnc(N(C)C)s2)cc1. The maximum atomic E-state index is 4.76. The van der Waals surface area contributed by atoms with E-state index in [9.17, 15) is 0 Å². The van der Waals surface area contributed by atoms with Crippen LogP contribution in [0.5, 0.6) is 0 Å². The molecule has 3 aromatic rings. The number of thiazole rings is 1. The zero-order valence-electron chi connectivity index (χ0n) is 17.4. The molecule has 0 aliphatic heterocycles. The third-order valence-corrected chi connectivity index (χ3v) is 6.57. The second-order valence-electron chi connectivity index (χ2n) is 8.78. The van der Waals surface area contributed by atoms with Gasteiger partial charge in [-0.15, -0.1) is 11.3 Å². The summed E-state index contributed by atoms with van der Waals surface area (Å²) in [6.45, 7) is 7.66. The molecule has 0 bridgehead atoms. The summed E-state index contributed by atoms with van der Waals surface area (Å²) < 4.78 is 2.13. The number of hydrogen-bond acceptors (Lipinski definition) is 5. The number of aryl methyl sites for hydroxylation is 1. The molecule has 1 aliphatic rings. The quantitative estimate of drug-likeness (QED) is 0.691. The van der Waals surface area contributed by atoms with Crippen LogP contribution in [-0.4, -0.2) is 28.9 Å². The van der Waals surface area contributed by atoms with Crippen molar-refractivity contribution in [3.05, 3.63) is 58.4 Å². The van der Waals surface area contributed by atoms with Gasteiger partial charge in [-0.3, -0.25) is 0 Å². The summed E-state index contributed by atoms with van der Waals surface area (Å²) in [6, 6.07) is 8.93. The normalized spacial score (nSPS) is 18.1. The number of rotatable bonds is 5. The van der Waals surface area contributed by atoms with E-state index < -0.39 is 0 Å². The van der Waals surface area contributed by atoms with Crippen molar-refractivity contribution in [1.82, 2.24) is 20.1 Å². The predicted molar refractivity (Wildman–Crippen MR) is 116 cm³/mol. The third kappa shape index (κ3) is 3.84. The Morgan fingerprint density at radius 3 is 2.64 bits per heavy atom. The molecular weight excluding hydrogens is 366 g/mol. The van der Waals surface area contributed by atoms with Crippen molar-refractivity contribution in [1.29, 1.82) is 0 Å². The molecule has 148 valence electrons. The molecule has 1 aliphatic carbocycles. The van der Waals surface area contributed by atoms with Gasteiger partial charge in [0.2, 0.25) is 0 Å². The molecule has 1 unspecified atom stereocenters. The molecule has 28 heavy (non-hydrogen) atoms. The van der Waals surface area contributed by atoms with E-state index in [2.05, 4.69) is 71.1 Å². The molecule has 0 spiro atoms. The maximum absolute atomic E-state index is 4.76. The van der Waals surface area contributed by atoms with Gasteiger partial charge in [0.15, 0.2) is 5.13 Å². The van der Waals surface area contributed by atoms with E-state index in [0.29, 0.717) is 6.04 Å². The molecular formula is C22H29N5S. The van der Waals surface area contributed by atoms with Gasteiger partial charge in [0.1, 0.15) is 0 Å². The van der Waals surface area contributed by atoms with E-state index in [0.717, 1.165) is 30.2 Å². The van der Waals surface area contributed by atoms with Crippen molar-refractivity contribution in [3.63, 3.8) is 0 Å². The first kappa shape index (κ1) is 19.2. The van der Waals surface area contributed by atoms with Crippen LogP contribution < -0.4 is 10.2 Å². The molecule has 2 heterocycles. The van der Waals surface area contributed by atoms with Crippen LogP contribution in [0.4, 0.5) is 5.13 Å². The van der Waals surface area contributed by atoms with E-state index in [1.807, 2.05) is 20.3 Å². The van der Waals surface area contributed by atoms with Gasteiger partial charge in [0.05, 0.1) is 11.9 Å². The molecule has 1 aromatic carbocycles. The molecule has 4 rings (SSSR count). The minimum atomic E-state index is 0.232. The molecule has 0 fully saturated rings. The molecule has 0 radical (unpaired) electrons. The van der Waals surface area contributed by atoms with Gasteiger partial charge in [-0.05, 0) is 37.3 Å². The Bertz CT molecular complexity index is 952. The molecule has 0 saturated carbocycles. The Balaban J connectivity index is 1.59. The Labute approximate surface area is 171 Å². The van der Waals surface area contributed by atoms with E-state index in [1.54, 1.807) is 11.3 Å². The zero-order valence-corrected chi connectivity index (χ0v) is 18.2. The van der Waals surface area contributed by atoms with Crippen molar-refractivity contribution < 1.29 is 0 Å². The highest BCUT2D eigenvalue weighted by Gasteiger charge is 2.35. The smallest absolute Gasteiger partial charge is 0.185 e. The summed E-state index contributed by atoms with van der Waals surface area (Å²) in [5, 5.41) is 9.58. The second kappa shape index (κ2) is 7.33. The first-order valence-corrected chi connectivity index (χ1v) is 10.6. The van der Waals surface area contributed by atoms with Crippen LogP contribution in [0.1, 0.15) is 48.0 Å². The van der Waals surface area contributed by atoms with Crippen molar-refractivity contribution in [2.45, 2.75) is 46.2 Å². The average Bonchev–Trinajstić information content (AvgIpc) is 3.27. The maximum Gasteiger partial charge on any atom is 0.185 e. The van der Waals surface area contributed by atoms with Gasteiger partial charge >= 0.3 is 0 Å². The number of aromatic nitrogens is 3. The monoisotopic (exact) mass is 395 g/mol. The van der Waals surface area contributed by atoms with Crippen LogP contribution in [0.15, 0.2) is 36.7 Å². The number of benzene rings is 1. The molecule has 0 amide bonds. The van der Waals surface area contributed by atoms with Crippen LogP contribution in [0, 0.1) is 12.3 Å². The molecule has 6 heteroatoms. The molecule has 0 saturated heterocycles. The lowest BCUT2D eigenvalue weighted by Crippen LogP contribution is -2.33. The van der Waals surface area contributed by atoms with Gasteiger partial charge in [0.25, 0.3) is 0 Å². The minimum Gasteiger partial charge on any atom is -0.354 e. The standard InChI is InChI=1S/C22H29N5S/c1-15-6-8-16(9-7-15)27-20-11-22(2,3)10-19(18(20)14-25-27)23-12-17-13-24-21(28-17)26(4)5/h6-9,13-14,19,23H,10-12H2,1-5H3. The summed E-state index contributed by atoms with van der Waals surface area (Å²) in [4.78, 5) is 7.81. The highest BCUT2D eigenvalue weighted by atomic mass is 32.1. The van der Waals surface area contributed by atoms with Crippen molar-refractivity contribution >= 4 is 16.5 Å². The number of anilines is 1. The first-order chi connectivity index (χ1) is 13.3. The topological polar surface area (TPSA) is 46.0 Å². The Morgan fingerprint density at radius 2 is 1.96 bits per heavy atom. The minimum absolute atomic E-state index is 0.232. The molecule has 2 aromatic heterocycles. The van der Waals surface area contributed by atoms with Crippen LogP contribution >= 0.6 is 11.3 Å². The second-order valence-corrected chi connectivity index (χ2v) is 9.87. The first-order valence-electron chi connectivity index (χ1n) is 9.82. The van der Waals surface area contributed by atoms with Gasteiger partial charge in [-0.1, -0.05) is 31.5 Å². The lowest BCUT2D eigenvalue weighted by Gasteiger charge is -2.36. The highest BCUT2D eigenvalue weighted by molar-refractivity contribution is 7.15. The van der Waals surface area contributed by atoms with Crippen molar-refractivity contribution in [2.24, 2.45) is 5.41 Å². The fourth-order valence-electron chi connectivity index (χ4n) is 3.94. The van der Waals surface area contributed by atoms with Gasteiger partial charge in [-0.2, -0.15) is 5.10 Å². The number of nitrogens with one attached hydrogen (secondary N) is 1. The van der Waals surface area contributed by atoms with Crippen LogP contribution in [-0.2, 0) is 13.0 Å². The summed E-state index contributed by atoms with van der Waals surface area (Å²) in [5.41, 5.74) is 5.30. The number of nitrogens with zero attached hydrogens (tertiary/aromatic N) is 4. The summed E-state index contributed by atoms with van der Waals surface area (Å²) >= 11 is 1.75. The third-order valence-electron chi connectivity index (χ3n) is 5.40. The van der Waals surface area contributed by atoms with Crippen LogP contribution in [0.25, 0.3) is 5.69 Å². The highest BCUT2D eigenvalue weighted by Crippen LogP contribution is 2.41. The Kier molecular flexibility index (Phi) is 5.02. The zero-order chi connectivity index (χ0) is 19.9. The molecule has 1 N–H and O–H groups in total. The van der Waals surface area contributed by atoms with Gasteiger partial charge in [0, 0.05) is 49.0 Å². The van der Waals surface area contributed by atoms with Crippen molar-refractivity contribution in [2.75, 3.05) is 19.0 Å². The van der Waals surface area contributed by atoms with Crippen molar-refractivity contribution in [3.8, 4) is 5.69 Å². The lowest BCUT2D eigenvalue weighted by atomic mass is 9.74. The Hall–Kier alpha value is -2.18. The number of fused-ring (bicyclic) bond motifs is 1. The fraction of sp³-hybridized carbons (Fsp3) is 0.455. The predicted octanol–water partition coefficient (Wildman–Crippen LogP) is 4.51. The van der Waals surface area contributed by atoms with Gasteiger partial charge < -0.3 is 10.2 Å². The average molecular weight is 396 g/mol.